The Bertz CT molecular complexity index is 741. The van der Waals surface area contributed by atoms with E-state index in [-0.39, 0.29) is 22.3 Å². The van der Waals surface area contributed by atoms with Crippen LogP contribution in [0.4, 0.5) is 0 Å². The first-order valence-electron chi connectivity index (χ1n) is 7.54. The number of aliphatic hydroxyl groups is 4. The zero-order valence-electron chi connectivity index (χ0n) is 12.9. The minimum Gasteiger partial charge on any atom is -0.358 e. The Morgan fingerprint density at radius 1 is 0.417 bits per heavy atom. The van der Waals surface area contributed by atoms with Crippen molar-refractivity contribution in [2.45, 2.75) is 11.6 Å². The summed E-state index contributed by atoms with van der Waals surface area (Å²) in [4.78, 5) is 0. The van der Waals surface area contributed by atoms with Crippen molar-refractivity contribution < 1.29 is 20.4 Å². The summed E-state index contributed by atoms with van der Waals surface area (Å²) in [5, 5.41) is 42.7. The molecule has 0 saturated heterocycles. The highest BCUT2D eigenvalue weighted by atomic mass is 16.5. The topological polar surface area (TPSA) is 80.9 Å². The Hall–Kier alpha value is -2.50. The summed E-state index contributed by atoms with van der Waals surface area (Å²) in [5.41, 5.74) is 0.484. The lowest BCUT2D eigenvalue weighted by molar-refractivity contribution is -0.154. The maximum Gasteiger partial charge on any atom is 0.217 e. The Morgan fingerprint density at radius 3 is 1.04 bits per heavy atom. The van der Waals surface area contributed by atoms with E-state index in [1.807, 2.05) is 0 Å². The van der Waals surface area contributed by atoms with Crippen LogP contribution in [0.3, 0.4) is 0 Å². The maximum atomic E-state index is 10.7. The average Bonchev–Trinajstić information content (AvgIpc) is 2.63. The van der Waals surface area contributed by atoms with Gasteiger partial charge in [0.1, 0.15) is 0 Å². The first kappa shape index (κ1) is 16.4. The molecule has 4 N–H and O–H groups in total. The third-order valence-electron chi connectivity index (χ3n) is 4.03. The highest BCUT2D eigenvalue weighted by molar-refractivity contribution is 5.44. The van der Waals surface area contributed by atoms with Crippen LogP contribution in [0.5, 0.6) is 0 Å². The van der Waals surface area contributed by atoms with Gasteiger partial charge in [0, 0.05) is 22.3 Å². The zero-order valence-corrected chi connectivity index (χ0v) is 12.9. The molecule has 122 valence electrons. The number of hydrogen-bond donors (Lipinski definition) is 4. The predicted octanol–water partition coefficient (Wildman–Crippen LogP) is 2.06. The van der Waals surface area contributed by atoms with Gasteiger partial charge in [0.05, 0.1) is 0 Å². The van der Waals surface area contributed by atoms with Crippen LogP contribution in [0, 0.1) is 0 Å². The molecule has 0 aliphatic carbocycles. The second kappa shape index (κ2) is 6.19. The summed E-state index contributed by atoms with van der Waals surface area (Å²) in [7, 11) is 0. The summed E-state index contributed by atoms with van der Waals surface area (Å²) < 4.78 is 0. The van der Waals surface area contributed by atoms with Gasteiger partial charge in [-0.05, 0) is 0 Å². The van der Waals surface area contributed by atoms with E-state index in [9.17, 15) is 20.4 Å². The van der Waals surface area contributed by atoms with E-state index >= 15 is 0 Å². The van der Waals surface area contributed by atoms with Crippen molar-refractivity contribution >= 4 is 0 Å². The summed E-state index contributed by atoms with van der Waals surface area (Å²) >= 11 is 0. The average molecular weight is 322 g/mol. The fraction of sp³-hybridized carbons (Fsp3) is 0.100. The van der Waals surface area contributed by atoms with Gasteiger partial charge < -0.3 is 20.4 Å². The maximum absolute atomic E-state index is 10.7. The molecule has 0 aliphatic rings. The zero-order chi connectivity index (χ0) is 17.2. The summed E-state index contributed by atoms with van der Waals surface area (Å²) in [6.07, 6.45) is 0. The lowest BCUT2D eigenvalue weighted by atomic mass is 9.87. The van der Waals surface area contributed by atoms with Gasteiger partial charge in [0.2, 0.25) is 11.6 Å². The third-order valence-corrected chi connectivity index (χ3v) is 4.03. The molecule has 0 unspecified atom stereocenters. The van der Waals surface area contributed by atoms with E-state index in [2.05, 4.69) is 0 Å². The van der Waals surface area contributed by atoms with E-state index in [1.165, 1.54) is 12.1 Å². The van der Waals surface area contributed by atoms with E-state index in [0.29, 0.717) is 0 Å². The van der Waals surface area contributed by atoms with Crippen LogP contribution in [0.15, 0.2) is 84.9 Å². The second-order valence-electron chi connectivity index (χ2n) is 5.62. The van der Waals surface area contributed by atoms with Crippen molar-refractivity contribution in [3.63, 3.8) is 0 Å². The van der Waals surface area contributed by atoms with Crippen molar-refractivity contribution in [3.8, 4) is 0 Å². The number of hydrogen-bond acceptors (Lipinski definition) is 4. The largest absolute Gasteiger partial charge is 0.358 e. The normalized spacial score (nSPS) is 12.2. The Morgan fingerprint density at radius 2 is 0.708 bits per heavy atom. The minimum absolute atomic E-state index is 0.00468. The highest BCUT2D eigenvalue weighted by Crippen LogP contribution is 2.36. The predicted molar refractivity (Wildman–Crippen MR) is 89.8 cm³/mol. The Balaban J connectivity index is 2.16. The van der Waals surface area contributed by atoms with Gasteiger partial charge in [-0.15, -0.1) is 0 Å². The number of rotatable bonds is 4. The molecular formula is C20H18O4. The molecule has 0 aromatic heterocycles. The standard InChI is InChI=1S/C20H18O4/c21-19(22,15-9-3-1-4-10-15)17-13-7-8-14-18(17)20(23,24)16-11-5-2-6-12-16/h1-14,21-24H. The molecule has 4 nitrogen and oxygen atoms in total. The first-order valence-corrected chi connectivity index (χ1v) is 7.54. The van der Waals surface area contributed by atoms with Gasteiger partial charge >= 0.3 is 0 Å². The summed E-state index contributed by atoms with van der Waals surface area (Å²) in [6, 6.07) is 22.7. The quantitative estimate of drug-likeness (QED) is 0.554. The summed E-state index contributed by atoms with van der Waals surface area (Å²) in [6.45, 7) is 0. The van der Waals surface area contributed by atoms with E-state index in [4.69, 9.17) is 0 Å². The molecule has 0 saturated carbocycles. The molecule has 0 bridgehead atoms. The number of benzene rings is 3. The van der Waals surface area contributed by atoms with Crippen LogP contribution in [0.25, 0.3) is 0 Å². The van der Waals surface area contributed by atoms with Gasteiger partial charge in [-0.3, -0.25) is 0 Å². The fourth-order valence-electron chi connectivity index (χ4n) is 2.74. The summed E-state index contributed by atoms with van der Waals surface area (Å²) in [5.74, 6) is -4.72. The Labute approximate surface area is 139 Å². The van der Waals surface area contributed by atoms with E-state index in [0.717, 1.165) is 0 Å². The van der Waals surface area contributed by atoms with Crippen molar-refractivity contribution in [2.75, 3.05) is 0 Å². The molecule has 24 heavy (non-hydrogen) atoms. The van der Waals surface area contributed by atoms with Gasteiger partial charge in [0.25, 0.3) is 0 Å². The van der Waals surface area contributed by atoms with Crippen molar-refractivity contribution in [3.05, 3.63) is 107 Å². The lowest BCUT2D eigenvalue weighted by Crippen LogP contribution is -2.34. The molecule has 0 atom stereocenters. The first-order chi connectivity index (χ1) is 11.4. The van der Waals surface area contributed by atoms with Gasteiger partial charge in [0.15, 0.2) is 0 Å². The molecule has 0 spiro atoms. The van der Waals surface area contributed by atoms with Crippen LogP contribution >= 0.6 is 0 Å². The van der Waals surface area contributed by atoms with Gasteiger partial charge in [-0.25, -0.2) is 0 Å². The molecule has 0 fully saturated rings. The van der Waals surface area contributed by atoms with Gasteiger partial charge in [-0.2, -0.15) is 0 Å². The molecule has 0 heterocycles. The van der Waals surface area contributed by atoms with Crippen LogP contribution in [0.2, 0.25) is 0 Å². The lowest BCUT2D eigenvalue weighted by Gasteiger charge is -2.31. The molecule has 0 radical (unpaired) electrons. The molecule has 0 amide bonds. The molecule has 3 rings (SSSR count). The van der Waals surface area contributed by atoms with Crippen molar-refractivity contribution in [1.82, 2.24) is 0 Å². The fourth-order valence-corrected chi connectivity index (χ4v) is 2.74. The van der Waals surface area contributed by atoms with Crippen LogP contribution < -0.4 is 0 Å². The van der Waals surface area contributed by atoms with E-state index in [1.54, 1.807) is 72.8 Å². The van der Waals surface area contributed by atoms with Crippen LogP contribution in [-0.4, -0.2) is 20.4 Å². The van der Waals surface area contributed by atoms with Crippen LogP contribution in [0.1, 0.15) is 22.3 Å². The van der Waals surface area contributed by atoms with E-state index < -0.39 is 11.6 Å². The molecule has 0 aliphatic heterocycles. The van der Waals surface area contributed by atoms with Gasteiger partial charge in [-0.1, -0.05) is 84.9 Å². The van der Waals surface area contributed by atoms with Crippen LogP contribution in [-0.2, 0) is 11.6 Å². The van der Waals surface area contributed by atoms with Crippen molar-refractivity contribution in [2.24, 2.45) is 0 Å². The highest BCUT2D eigenvalue weighted by Gasteiger charge is 2.38. The van der Waals surface area contributed by atoms with Crippen molar-refractivity contribution in [1.29, 1.82) is 0 Å². The molecule has 3 aromatic carbocycles. The molecular weight excluding hydrogens is 304 g/mol. The monoisotopic (exact) mass is 322 g/mol. The SMILES string of the molecule is OC(O)(c1ccccc1)c1ccccc1C(O)(O)c1ccccc1. The molecule has 3 aromatic rings. The minimum atomic E-state index is -2.36. The Kier molecular flexibility index (Phi) is 4.22. The third kappa shape index (κ3) is 2.84. The molecule has 4 heteroatoms. The second-order valence-corrected chi connectivity index (χ2v) is 5.62. The smallest absolute Gasteiger partial charge is 0.217 e.